The fraction of sp³-hybridized carbons (Fsp3) is 0.0556. The van der Waals surface area contributed by atoms with E-state index in [4.69, 9.17) is 27.3 Å². The van der Waals surface area contributed by atoms with Crippen LogP contribution in [0.4, 0.5) is 5.69 Å². The SMILES string of the molecule is N#C/C(=C\c1ccc(OCC(=O)Nc2ccc(Cl)cc2)cc1)C(N)=O. The molecule has 0 saturated carbocycles. The van der Waals surface area contributed by atoms with Crippen LogP contribution in [0.25, 0.3) is 6.08 Å². The van der Waals surface area contributed by atoms with Crippen LogP contribution in [0.5, 0.6) is 5.75 Å². The number of hydrogen-bond acceptors (Lipinski definition) is 4. The van der Waals surface area contributed by atoms with E-state index in [1.807, 2.05) is 0 Å². The molecule has 0 unspecified atom stereocenters. The second-order valence-electron chi connectivity index (χ2n) is 4.95. The van der Waals surface area contributed by atoms with Crippen molar-refractivity contribution in [2.45, 2.75) is 0 Å². The summed E-state index contributed by atoms with van der Waals surface area (Å²) in [5.74, 6) is -0.630. The van der Waals surface area contributed by atoms with Crippen molar-refractivity contribution in [3.8, 4) is 11.8 Å². The van der Waals surface area contributed by atoms with Crippen molar-refractivity contribution in [3.05, 3.63) is 64.7 Å². The highest BCUT2D eigenvalue weighted by Gasteiger charge is 2.05. The first-order valence-electron chi connectivity index (χ1n) is 7.18. The molecule has 0 aliphatic rings. The average molecular weight is 356 g/mol. The number of nitrogens with zero attached hydrogens (tertiary/aromatic N) is 1. The molecule has 0 saturated heterocycles. The number of nitrogens with two attached hydrogens (primary N) is 1. The topological polar surface area (TPSA) is 105 Å². The van der Waals surface area contributed by atoms with Gasteiger partial charge in [0.1, 0.15) is 17.4 Å². The molecule has 0 heterocycles. The zero-order valence-corrected chi connectivity index (χ0v) is 13.8. The maximum Gasteiger partial charge on any atom is 0.262 e. The first-order valence-corrected chi connectivity index (χ1v) is 7.55. The summed E-state index contributed by atoms with van der Waals surface area (Å²) in [6.07, 6.45) is 1.37. The smallest absolute Gasteiger partial charge is 0.262 e. The molecule has 2 aromatic rings. The second-order valence-corrected chi connectivity index (χ2v) is 5.38. The maximum atomic E-state index is 11.8. The summed E-state index contributed by atoms with van der Waals surface area (Å²) >= 11 is 5.78. The van der Waals surface area contributed by atoms with Gasteiger partial charge >= 0.3 is 0 Å². The van der Waals surface area contributed by atoms with E-state index < -0.39 is 5.91 Å². The molecule has 0 bridgehead atoms. The lowest BCUT2D eigenvalue weighted by Crippen LogP contribution is -2.20. The Kier molecular flexibility index (Phi) is 6.15. The van der Waals surface area contributed by atoms with Crippen molar-refractivity contribution < 1.29 is 14.3 Å². The first kappa shape index (κ1) is 18.0. The van der Waals surface area contributed by atoms with E-state index in [-0.39, 0.29) is 18.1 Å². The minimum absolute atomic E-state index is 0.143. The van der Waals surface area contributed by atoms with Crippen LogP contribution in [0.15, 0.2) is 54.1 Å². The number of nitriles is 1. The highest BCUT2D eigenvalue weighted by atomic mass is 35.5. The summed E-state index contributed by atoms with van der Waals surface area (Å²) in [7, 11) is 0. The molecule has 7 heteroatoms. The zero-order chi connectivity index (χ0) is 18.2. The third-order valence-electron chi connectivity index (χ3n) is 3.07. The number of rotatable bonds is 6. The highest BCUT2D eigenvalue weighted by Crippen LogP contribution is 2.16. The zero-order valence-electron chi connectivity index (χ0n) is 13.0. The molecular formula is C18H14ClN3O3. The van der Waals surface area contributed by atoms with Gasteiger partial charge in [0.2, 0.25) is 0 Å². The van der Waals surface area contributed by atoms with E-state index in [9.17, 15) is 9.59 Å². The van der Waals surface area contributed by atoms with E-state index in [1.54, 1.807) is 54.6 Å². The van der Waals surface area contributed by atoms with Crippen LogP contribution in [0.2, 0.25) is 5.02 Å². The second kappa shape index (κ2) is 8.52. The van der Waals surface area contributed by atoms with Gasteiger partial charge in [-0.2, -0.15) is 5.26 Å². The Morgan fingerprint density at radius 1 is 1.16 bits per heavy atom. The van der Waals surface area contributed by atoms with Crippen LogP contribution in [0.3, 0.4) is 0 Å². The fourth-order valence-electron chi connectivity index (χ4n) is 1.86. The molecule has 0 spiro atoms. The molecule has 0 aromatic heterocycles. The summed E-state index contributed by atoms with van der Waals surface area (Å²) in [6, 6.07) is 15.0. The van der Waals surface area contributed by atoms with Gasteiger partial charge in [-0.3, -0.25) is 9.59 Å². The lowest BCUT2D eigenvalue weighted by Gasteiger charge is -2.08. The minimum Gasteiger partial charge on any atom is -0.484 e. The predicted molar refractivity (Wildman–Crippen MR) is 94.8 cm³/mol. The summed E-state index contributed by atoms with van der Waals surface area (Å²) in [4.78, 5) is 22.8. The van der Waals surface area contributed by atoms with Crippen molar-refractivity contribution in [1.29, 1.82) is 5.26 Å². The van der Waals surface area contributed by atoms with Gasteiger partial charge in [-0.05, 0) is 48.0 Å². The van der Waals surface area contributed by atoms with Gasteiger partial charge in [-0.25, -0.2) is 0 Å². The lowest BCUT2D eigenvalue weighted by molar-refractivity contribution is -0.118. The molecule has 2 rings (SSSR count). The third-order valence-corrected chi connectivity index (χ3v) is 3.33. The molecule has 2 aromatic carbocycles. The molecule has 0 aliphatic heterocycles. The Balaban J connectivity index is 1.91. The molecule has 2 amide bonds. The van der Waals surface area contributed by atoms with Gasteiger partial charge < -0.3 is 15.8 Å². The first-order chi connectivity index (χ1) is 12.0. The number of nitrogens with one attached hydrogen (secondary N) is 1. The predicted octanol–water partition coefficient (Wildman–Crippen LogP) is 2.75. The van der Waals surface area contributed by atoms with Gasteiger partial charge in [0.15, 0.2) is 6.61 Å². The Labute approximate surface area is 149 Å². The number of primary amides is 1. The molecule has 0 aliphatic carbocycles. The van der Waals surface area contributed by atoms with E-state index in [0.29, 0.717) is 22.0 Å². The Hall–Kier alpha value is -3.30. The van der Waals surface area contributed by atoms with Gasteiger partial charge in [-0.1, -0.05) is 23.7 Å². The van der Waals surface area contributed by atoms with Crippen molar-refractivity contribution in [1.82, 2.24) is 0 Å². The molecule has 0 atom stereocenters. The van der Waals surface area contributed by atoms with Crippen LogP contribution >= 0.6 is 11.6 Å². The number of carbonyl (C=O) groups is 2. The maximum absolute atomic E-state index is 11.8. The molecule has 126 valence electrons. The summed E-state index contributed by atoms with van der Waals surface area (Å²) in [5, 5.41) is 12.1. The molecule has 3 N–H and O–H groups in total. The van der Waals surface area contributed by atoms with Crippen molar-refractivity contribution in [2.75, 3.05) is 11.9 Å². The van der Waals surface area contributed by atoms with Crippen LogP contribution in [0, 0.1) is 11.3 Å². The minimum atomic E-state index is -0.790. The molecule has 25 heavy (non-hydrogen) atoms. The Morgan fingerprint density at radius 2 is 1.80 bits per heavy atom. The van der Waals surface area contributed by atoms with Crippen molar-refractivity contribution in [3.63, 3.8) is 0 Å². The largest absolute Gasteiger partial charge is 0.484 e. The number of benzene rings is 2. The monoisotopic (exact) mass is 355 g/mol. The quantitative estimate of drug-likeness (QED) is 0.613. The average Bonchev–Trinajstić information content (AvgIpc) is 2.60. The molecular weight excluding hydrogens is 342 g/mol. The molecule has 0 fully saturated rings. The summed E-state index contributed by atoms with van der Waals surface area (Å²) in [6.45, 7) is -0.164. The van der Waals surface area contributed by atoms with Crippen LogP contribution in [-0.2, 0) is 9.59 Å². The summed E-state index contributed by atoms with van der Waals surface area (Å²) < 4.78 is 5.38. The number of carbonyl (C=O) groups excluding carboxylic acids is 2. The van der Waals surface area contributed by atoms with Gasteiger partial charge in [0.25, 0.3) is 11.8 Å². The van der Waals surface area contributed by atoms with E-state index in [2.05, 4.69) is 5.32 Å². The van der Waals surface area contributed by atoms with E-state index in [1.165, 1.54) is 6.08 Å². The van der Waals surface area contributed by atoms with Crippen molar-refractivity contribution >= 4 is 35.2 Å². The number of hydrogen-bond donors (Lipinski definition) is 2. The van der Waals surface area contributed by atoms with Crippen molar-refractivity contribution in [2.24, 2.45) is 5.73 Å². The van der Waals surface area contributed by atoms with Crippen LogP contribution in [0.1, 0.15) is 5.56 Å². The van der Waals surface area contributed by atoms with Gasteiger partial charge in [0.05, 0.1) is 0 Å². The normalized spacial score (nSPS) is 10.6. The highest BCUT2D eigenvalue weighted by molar-refractivity contribution is 6.30. The summed E-state index contributed by atoms with van der Waals surface area (Å²) in [5.41, 5.74) is 6.17. The number of anilines is 1. The Bertz CT molecular complexity index is 837. The molecule has 0 radical (unpaired) electrons. The number of amides is 2. The Morgan fingerprint density at radius 3 is 2.36 bits per heavy atom. The standard InChI is InChI=1S/C18H14ClN3O3/c19-14-3-5-15(6-4-14)22-17(23)11-25-16-7-1-12(2-8-16)9-13(10-20)18(21)24/h1-9H,11H2,(H2,21,24)(H,22,23)/b13-9+. The fourth-order valence-corrected chi connectivity index (χ4v) is 1.99. The molecule has 6 nitrogen and oxygen atoms in total. The van der Waals surface area contributed by atoms with Gasteiger partial charge in [-0.15, -0.1) is 0 Å². The van der Waals surface area contributed by atoms with Crippen LogP contribution < -0.4 is 15.8 Å². The van der Waals surface area contributed by atoms with E-state index >= 15 is 0 Å². The van der Waals surface area contributed by atoms with Crippen LogP contribution in [-0.4, -0.2) is 18.4 Å². The number of ether oxygens (including phenoxy) is 1. The third kappa shape index (κ3) is 5.68. The lowest BCUT2D eigenvalue weighted by atomic mass is 10.1. The number of halogens is 1. The van der Waals surface area contributed by atoms with E-state index in [0.717, 1.165) is 0 Å². The van der Waals surface area contributed by atoms with Gasteiger partial charge in [0, 0.05) is 10.7 Å².